The Morgan fingerprint density at radius 3 is 3.08 bits per heavy atom. The standard InChI is InChI=1S/C8H9N5/c9-8-6-3-5(4-11-10)1-2-7(6)12-13-8/h1-4H,10H2,(H3,9,12,13)/b11-4-. The van der Waals surface area contributed by atoms with Crippen LogP contribution < -0.4 is 11.6 Å². The summed E-state index contributed by atoms with van der Waals surface area (Å²) < 4.78 is 0. The van der Waals surface area contributed by atoms with Crippen LogP contribution in [0.2, 0.25) is 0 Å². The second-order valence-corrected chi connectivity index (χ2v) is 2.69. The van der Waals surface area contributed by atoms with Crippen LogP contribution in [0, 0.1) is 0 Å². The van der Waals surface area contributed by atoms with E-state index in [9.17, 15) is 0 Å². The van der Waals surface area contributed by atoms with Crippen molar-refractivity contribution in [3.05, 3.63) is 23.8 Å². The fourth-order valence-electron chi connectivity index (χ4n) is 1.22. The topological polar surface area (TPSA) is 93.1 Å². The van der Waals surface area contributed by atoms with Gasteiger partial charge in [-0.25, -0.2) is 0 Å². The Morgan fingerprint density at radius 1 is 1.46 bits per heavy atom. The molecule has 0 fully saturated rings. The molecule has 0 radical (unpaired) electrons. The van der Waals surface area contributed by atoms with Gasteiger partial charge in [-0.3, -0.25) is 5.10 Å². The first-order chi connectivity index (χ1) is 6.31. The fraction of sp³-hybridized carbons (Fsp3) is 0. The molecule has 2 aromatic rings. The van der Waals surface area contributed by atoms with Crippen LogP contribution in [0.1, 0.15) is 5.56 Å². The molecular weight excluding hydrogens is 166 g/mol. The maximum atomic E-state index is 5.62. The number of hydrogen-bond donors (Lipinski definition) is 3. The van der Waals surface area contributed by atoms with E-state index in [-0.39, 0.29) is 0 Å². The zero-order chi connectivity index (χ0) is 9.26. The molecule has 1 aromatic carbocycles. The van der Waals surface area contributed by atoms with Crippen molar-refractivity contribution in [3.8, 4) is 0 Å². The first-order valence-electron chi connectivity index (χ1n) is 3.78. The molecule has 1 aromatic heterocycles. The number of nitrogen functional groups attached to an aromatic ring is 1. The summed E-state index contributed by atoms with van der Waals surface area (Å²) in [6.45, 7) is 0. The van der Waals surface area contributed by atoms with Crippen LogP contribution in [0.4, 0.5) is 5.82 Å². The van der Waals surface area contributed by atoms with E-state index < -0.39 is 0 Å². The van der Waals surface area contributed by atoms with Crippen molar-refractivity contribution < 1.29 is 0 Å². The molecule has 0 saturated carbocycles. The number of aromatic amines is 1. The first-order valence-corrected chi connectivity index (χ1v) is 3.78. The molecule has 0 atom stereocenters. The molecular formula is C8H9N5. The second-order valence-electron chi connectivity index (χ2n) is 2.69. The van der Waals surface area contributed by atoms with Gasteiger partial charge in [0.25, 0.3) is 0 Å². The first kappa shape index (κ1) is 7.60. The van der Waals surface area contributed by atoms with E-state index in [1.54, 1.807) is 6.21 Å². The summed E-state index contributed by atoms with van der Waals surface area (Å²) in [6.07, 6.45) is 1.56. The molecule has 0 aliphatic rings. The fourth-order valence-corrected chi connectivity index (χ4v) is 1.22. The zero-order valence-corrected chi connectivity index (χ0v) is 6.86. The Bertz CT molecular complexity index is 457. The van der Waals surface area contributed by atoms with E-state index in [1.807, 2.05) is 18.2 Å². The van der Waals surface area contributed by atoms with Crippen LogP contribution in [-0.4, -0.2) is 16.4 Å². The minimum Gasteiger partial charge on any atom is -0.382 e. The number of fused-ring (bicyclic) bond motifs is 1. The van der Waals surface area contributed by atoms with Crippen LogP contribution in [0.15, 0.2) is 23.3 Å². The number of nitrogens with one attached hydrogen (secondary N) is 1. The molecule has 0 saturated heterocycles. The number of benzene rings is 1. The van der Waals surface area contributed by atoms with Gasteiger partial charge in [-0.1, -0.05) is 6.07 Å². The van der Waals surface area contributed by atoms with Crippen molar-refractivity contribution >= 4 is 22.9 Å². The lowest BCUT2D eigenvalue weighted by molar-refractivity contribution is 1.13. The molecule has 0 spiro atoms. The highest BCUT2D eigenvalue weighted by Gasteiger charge is 2.01. The van der Waals surface area contributed by atoms with E-state index in [2.05, 4.69) is 15.3 Å². The van der Waals surface area contributed by atoms with Gasteiger partial charge in [-0.05, 0) is 17.7 Å². The third kappa shape index (κ3) is 1.20. The predicted molar refractivity (Wildman–Crippen MR) is 52.3 cm³/mol. The number of nitrogens with zero attached hydrogens (tertiary/aromatic N) is 2. The highest BCUT2D eigenvalue weighted by atomic mass is 15.1. The van der Waals surface area contributed by atoms with Crippen LogP contribution in [0.5, 0.6) is 0 Å². The lowest BCUT2D eigenvalue weighted by Gasteiger charge is -1.92. The molecule has 1 heterocycles. The normalized spacial score (nSPS) is 11.4. The summed E-state index contributed by atoms with van der Waals surface area (Å²) in [4.78, 5) is 0. The van der Waals surface area contributed by atoms with Crippen LogP contribution in [0.25, 0.3) is 10.9 Å². The number of aromatic nitrogens is 2. The van der Waals surface area contributed by atoms with Gasteiger partial charge in [-0.2, -0.15) is 10.2 Å². The summed E-state index contributed by atoms with van der Waals surface area (Å²) in [5.41, 5.74) is 7.44. The van der Waals surface area contributed by atoms with E-state index in [1.165, 1.54) is 0 Å². The number of H-pyrrole nitrogens is 1. The quantitative estimate of drug-likeness (QED) is 0.333. The van der Waals surface area contributed by atoms with Gasteiger partial charge in [-0.15, -0.1) is 0 Å². The van der Waals surface area contributed by atoms with Gasteiger partial charge < -0.3 is 11.6 Å². The molecule has 66 valence electrons. The molecule has 0 aliphatic carbocycles. The van der Waals surface area contributed by atoms with Gasteiger partial charge >= 0.3 is 0 Å². The number of rotatable bonds is 1. The lowest BCUT2D eigenvalue weighted by Crippen LogP contribution is -1.87. The van der Waals surface area contributed by atoms with E-state index in [0.29, 0.717) is 5.82 Å². The average molecular weight is 175 g/mol. The second kappa shape index (κ2) is 2.78. The largest absolute Gasteiger partial charge is 0.382 e. The van der Waals surface area contributed by atoms with Gasteiger partial charge in [0.1, 0.15) is 0 Å². The monoisotopic (exact) mass is 175 g/mol. The summed E-state index contributed by atoms with van der Waals surface area (Å²) in [7, 11) is 0. The Labute approximate surface area is 74.4 Å². The van der Waals surface area contributed by atoms with E-state index >= 15 is 0 Å². The molecule has 5 N–H and O–H groups in total. The van der Waals surface area contributed by atoms with Crippen molar-refractivity contribution in [3.63, 3.8) is 0 Å². The zero-order valence-electron chi connectivity index (χ0n) is 6.86. The molecule has 0 unspecified atom stereocenters. The smallest absolute Gasteiger partial charge is 0.153 e. The molecule has 2 rings (SSSR count). The Balaban J connectivity index is 2.65. The van der Waals surface area contributed by atoms with Gasteiger partial charge in [0.2, 0.25) is 0 Å². The molecule has 0 bridgehead atoms. The van der Waals surface area contributed by atoms with Crippen molar-refractivity contribution in [1.29, 1.82) is 0 Å². The molecule has 5 heteroatoms. The number of nitrogens with two attached hydrogens (primary N) is 2. The highest BCUT2D eigenvalue weighted by Crippen LogP contribution is 2.17. The minimum atomic E-state index is 0.488. The Morgan fingerprint density at radius 2 is 2.31 bits per heavy atom. The average Bonchev–Trinajstić information content (AvgIpc) is 2.49. The van der Waals surface area contributed by atoms with Crippen molar-refractivity contribution in [2.45, 2.75) is 0 Å². The Hall–Kier alpha value is -2.04. The summed E-state index contributed by atoms with van der Waals surface area (Å²) in [5.74, 6) is 5.52. The Kier molecular flexibility index (Phi) is 1.63. The maximum absolute atomic E-state index is 5.62. The van der Waals surface area contributed by atoms with E-state index in [4.69, 9.17) is 11.6 Å². The van der Waals surface area contributed by atoms with Gasteiger partial charge in [0.15, 0.2) is 5.82 Å². The molecule has 5 nitrogen and oxygen atoms in total. The predicted octanol–water partition coefficient (Wildman–Crippen LogP) is 0.438. The van der Waals surface area contributed by atoms with Gasteiger partial charge in [0.05, 0.1) is 11.7 Å². The summed E-state index contributed by atoms with van der Waals surface area (Å²) in [6, 6.07) is 5.65. The third-order valence-electron chi connectivity index (χ3n) is 1.84. The van der Waals surface area contributed by atoms with Gasteiger partial charge in [0, 0.05) is 5.39 Å². The van der Waals surface area contributed by atoms with Crippen LogP contribution in [0.3, 0.4) is 0 Å². The third-order valence-corrected chi connectivity index (χ3v) is 1.84. The van der Waals surface area contributed by atoms with Crippen molar-refractivity contribution in [2.75, 3.05) is 5.73 Å². The number of anilines is 1. The van der Waals surface area contributed by atoms with Crippen LogP contribution >= 0.6 is 0 Å². The summed E-state index contributed by atoms with van der Waals surface area (Å²) >= 11 is 0. The minimum absolute atomic E-state index is 0.488. The summed E-state index contributed by atoms with van der Waals surface area (Å²) in [5, 5.41) is 11.0. The van der Waals surface area contributed by atoms with Crippen LogP contribution in [-0.2, 0) is 0 Å². The number of hydrazone groups is 1. The molecule has 13 heavy (non-hydrogen) atoms. The lowest BCUT2D eigenvalue weighted by atomic mass is 10.2. The van der Waals surface area contributed by atoms with E-state index in [0.717, 1.165) is 16.5 Å². The highest BCUT2D eigenvalue weighted by molar-refractivity contribution is 5.93. The maximum Gasteiger partial charge on any atom is 0.153 e. The molecule has 0 amide bonds. The van der Waals surface area contributed by atoms with Crippen molar-refractivity contribution in [1.82, 2.24) is 10.2 Å². The van der Waals surface area contributed by atoms with Crippen molar-refractivity contribution in [2.24, 2.45) is 10.9 Å². The molecule has 0 aliphatic heterocycles. The SMILES string of the molecule is N/N=C\c1ccc2[nH]nc(N)c2c1. The number of hydrogen-bond acceptors (Lipinski definition) is 4.